The molecule has 1 aromatic heterocycles. The van der Waals surface area contributed by atoms with Crippen molar-refractivity contribution in [2.75, 3.05) is 0 Å². The van der Waals surface area contributed by atoms with Gasteiger partial charge < -0.3 is 0 Å². The quantitative estimate of drug-likeness (QED) is 0.287. The normalized spacial score (nSPS) is 10.8. The second-order valence-corrected chi connectivity index (χ2v) is 8.68. The summed E-state index contributed by atoms with van der Waals surface area (Å²) in [6, 6.07) is 43.5. The molecule has 1 heterocycles. The van der Waals surface area contributed by atoms with Crippen LogP contribution in [-0.4, -0.2) is 27.0 Å². The molecule has 0 saturated heterocycles. The van der Waals surface area contributed by atoms with Gasteiger partial charge in [0.05, 0.1) is 7.05 Å². The predicted octanol–water partition coefficient (Wildman–Crippen LogP) is 1.76. The van der Waals surface area contributed by atoms with Gasteiger partial charge in [0.15, 0.2) is 17.5 Å². The first kappa shape index (κ1) is 23.8. The van der Waals surface area contributed by atoms with Crippen LogP contribution in [0, 0.1) is 0 Å². The summed E-state index contributed by atoms with van der Waals surface area (Å²) in [7, 11) is 1.75. The Morgan fingerprint density at radius 1 is 0.686 bits per heavy atom. The Hall–Kier alpha value is -4.32. The van der Waals surface area contributed by atoms with Gasteiger partial charge in [-0.05, 0) is 6.92 Å². The molecular formula is C29H29BN4O. The van der Waals surface area contributed by atoms with E-state index in [0.29, 0.717) is 6.54 Å². The third-order valence-corrected chi connectivity index (χ3v) is 6.18. The van der Waals surface area contributed by atoms with Crippen molar-refractivity contribution in [3.05, 3.63) is 128 Å². The van der Waals surface area contributed by atoms with E-state index >= 15 is 0 Å². The van der Waals surface area contributed by atoms with Gasteiger partial charge in [-0.25, -0.2) is 0 Å². The minimum absolute atomic E-state index is 0.0745. The lowest BCUT2D eigenvalue weighted by Gasteiger charge is -2.44. The Morgan fingerprint density at radius 3 is 1.29 bits per heavy atom. The average molecular weight is 460 g/mol. The smallest absolute Gasteiger partial charge is 0.244 e. The summed E-state index contributed by atoms with van der Waals surface area (Å²) in [5.41, 5.74) is 5.36. The maximum absolute atomic E-state index is 10.5. The summed E-state index contributed by atoms with van der Waals surface area (Å²) in [5, 5.41) is 7.31. The summed E-state index contributed by atoms with van der Waals surface area (Å²) in [6.45, 7) is 1.82. The van der Waals surface area contributed by atoms with Crippen molar-refractivity contribution >= 4 is 33.8 Å². The fourth-order valence-corrected chi connectivity index (χ4v) is 4.78. The zero-order chi connectivity index (χ0) is 24.5. The van der Waals surface area contributed by atoms with Crippen molar-refractivity contribution in [3.8, 4) is 0 Å². The summed E-state index contributed by atoms with van der Waals surface area (Å²) in [4.78, 5) is 10.5. The highest BCUT2D eigenvalue weighted by Crippen LogP contribution is 2.09. The zero-order valence-electron chi connectivity index (χ0n) is 20.1. The van der Waals surface area contributed by atoms with Crippen LogP contribution in [0.3, 0.4) is 0 Å². The van der Waals surface area contributed by atoms with Gasteiger partial charge in [-0.15, -0.1) is 4.68 Å². The molecule has 0 aliphatic carbocycles. The summed E-state index contributed by atoms with van der Waals surface area (Å²) in [5.74, 6) is 0.0745. The van der Waals surface area contributed by atoms with Crippen LogP contribution < -0.4 is 26.5 Å². The minimum Gasteiger partial charge on any atom is -0.296 e. The van der Waals surface area contributed by atoms with Gasteiger partial charge in [0.1, 0.15) is 11.4 Å². The topological polar surface area (TPSA) is 51.7 Å². The minimum atomic E-state index is -1.22. The van der Waals surface area contributed by atoms with E-state index in [2.05, 4.69) is 132 Å². The largest absolute Gasteiger partial charge is 0.296 e. The monoisotopic (exact) mass is 460 g/mol. The van der Waals surface area contributed by atoms with E-state index in [1.165, 1.54) is 33.5 Å². The van der Waals surface area contributed by atoms with Crippen LogP contribution in [0.4, 0.5) is 0 Å². The number of hydrogen-bond acceptors (Lipinski definition) is 3. The van der Waals surface area contributed by atoms with Gasteiger partial charge in [-0.1, -0.05) is 126 Å². The number of hydrogen-bond donors (Lipinski definition) is 0. The molecule has 0 aliphatic heterocycles. The predicted molar refractivity (Wildman–Crippen MR) is 142 cm³/mol. The molecule has 0 atom stereocenters. The van der Waals surface area contributed by atoms with Crippen LogP contribution in [-0.2, 0) is 18.4 Å². The molecule has 0 bridgehead atoms. The Bertz CT molecular complexity index is 1180. The lowest BCUT2D eigenvalue weighted by Crippen LogP contribution is -2.74. The van der Waals surface area contributed by atoms with Gasteiger partial charge >= 0.3 is 0 Å². The van der Waals surface area contributed by atoms with Crippen molar-refractivity contribution in [2.45, 2.75) is 13.5 Å². The van der Waals surface area contributed by atoms with E-state index in [0.717, 1.165) is 0 Å². The van der Waals surface area contributed by atoms with Crippen molar-refractivity contribution in [2.24, 2.45) is 7.05 Å². The molecule has 0 spiro atoms. The van der Waals surface area contributed by atoms with Gasteiger partial charge in [0.25, 0.3) is 0 Å². The highest BCUT2D eigenvalue weighted by Gasteiger charge is 2.31. The maximum atomic E-state index is 10.5. The molecule has 0 radical (unpaired) electrons. The number of Topliss-reactive ketones (excluding diaryl/α,β-unsaturated/α-hetero) is 1. The Labute approximate surface area is 206 Å². The Balaban J connectivity index is 0.000000243. The van der Waals surface area contributed by atoms with Gasteiger partial charge in [-0.3, -0.25) is 4.79 Å². The van der Waals surface area contributed by atoms with Gasteiger partial charge in [0, 0.05) is 0 Å². The highest BCUT2D eigenvalue weighted by molar-refractivity contribution is 7.19. The van der Waals surface area contributed by atoms with Crippen LogP contribution in [0.5, 0.6) is 0 Å². The van der Waals surface area contributed by atoms with Crippen LogP contribution in [0.1, 0.15) is 6.92 Å². The van der Waals surface area contributed by atoms with E-state index in [-0.39, 0.29) is 5.78 Å². The fraction of sp³-hybridized carbons (Fsp3) is 0.103. The van der Waals surface area contributed by atoms with E-state index in [4.69, 9.17) is 0 Å². The molecule has 0 aliphatic rings. The van der Waals surface area contributed by atoms with Crippen molar-refractivity contribution < 1.29 is 9.48 Å². The molecule has 0 unspecified atom stereocenters. The first-order valence-corrected chi connectivity index (χ1v) is 11.7. The second-order valence-electron chi connectivity index (χ2n) is 8.68. The van der Waals surface area contributed by atoms with Crippen molar-refractivity contribution in [1.29, 1.82) is 0 Å². The molecular weight excluding hydrogens is 431 g/mol. The number of nitrogens with zero attached hydrogens (tertiary/aromatic N) is 4. The number of tetrazole rings is 1. The third kappa shape index (κ3) is 5.44. The van der Waals surface area contributed by atoms with E-state index < -0.39 is 6.15 Å². The SMILES string of the molecule is CC(=O)Cn1c[n+](C)nn1.c1ccc([B-](c2ccccc2)(c2ccccc2)c2ccccc2)cc1. The molecule has 0 N–H and O–H groups in total. The molecule has 0 fully saturated rings. The molecule has 6 heteroatoms. The Kier molecular flexibility index (Phi) is 7.63. The first-order valence-electron chi connectivity index (χ1n) is 11.7. The van der Waals surface area contributed by atoms with E-state index in [1.54, 1.807) is 18.1 Å². The van der Waals surface area contributed by atoms with Crippen LogP contribution in [0.2, 0.25) is 0 Å². The molecule has 174 valence electrons. The molecule has 5 nitrogen and oxygen atoms in total. The van der Waals surface area contributed by atoms with Crippen molar-refractivity contribution in [1.82, 2.24) is 15.1 Å². The van der Waals surface area contributed by atoms with Crippen LogP contribution in [0.25, 0.3) is 0 Å². The summed E-state index contributed by atoms with van der Waals surface area (Å²) >= 11 is 0. The van der Waals surface area contributed by atoms with Crippen LogP contribution >= 0.6 is 0 Å². The number of rotatable bonds is 6. The van der Waals surface area contributed by atoms with Crippen LogP contribution in [0.15, 0.2) is 128 Å². The third-order valence-electron chi connectivity index (χ3n) is 6.18. The number of aryl methyl sites for hydroxylation is 1. The molecule has 35 heavy (non-hydrogen) atoms. The standard InChI is InChI=1S/C24H20B.C5H9N4O/c1-5-13-21(14-6-1)25(22-15-7-2-8-16-22,23-17-9-3-10-18-23)24-19-11-4-12-20-24;1-5(10)3-9-4-8(2)6-7-9/h1-20H;4H,3H2,1-2H3/q-1;+1. The summed E-state index contributed by atoms with van der Waals surface area (Å²) in [6.07, 6.45) is 0.439. The fourth-order valence-electron chi connectivity index (χ4n) is 4.78. The average Bonchev–Trinajstić information content (AvgIpc) is 3.31. The molecule has 0 amide bonds. The zero-order valence-corrected chi connectivity index (χ0v) is 20.1. The number of benzene rings is 4. The molecule has 0 saturated carbocycles. The van der Waals surface area contributed by atoms with E-state index in [9.17, 15) is 4.79 Å². The lowest BCUT2D eigenvalue weighted by atomic mass is 9.13. The number of aromatic nitrogens is 4. The number of ketones is 1. The second kappa shape index (κ2) is 11.2. The Morgan fingerprint density at radius 2 is 1.03 bits per heavy atom. The highest BCUT2D eigenvalue weighted by atomic mass is 16.1. The van der Waals surface area contributed by atoms with E-state index in [1.807, 2.05) is 0 Å². The van der Waals surface area contributed by atoms with Gasteiger partial charge in [-0.2, -0.15) is 21.9 Å². The van der Waals surface area contributed by atoms with Gasteiger partial charge in [0.2, 0.25) is 6.33 Å². The first-order chi connectivity index (χ1) is 17.1. The van der Waals surface area contributed by atoms with Crippen molar-refractivity contribution in [3.63, 3.8) is 0 Å². The lowest BCUT2D eigenvalue weighted by molar-refractivity contribution is -0.731. The molecule has 5 rings (SSSR count). The maximum Gasteiger partial charge on any atom is 0.244 e. The summed E-state index contributed by atoms with van der Waals surface area (Å²) < 4.78 is 3.03. The number of carbonyl (C=O) groups is 1. The molecule has 5 aromatic rings. The molecule has 4 aromatic carbocycles. The number of carbonyl (C=O) groups excluding carboxylic acids is 1.